The van der Waals surface area contributed by atoms with Crippen LogP contribution in [0.25, 0.3) is 0 Å². The van der Waals surface area contributed by atoms with Gasteiger partial charge in [0.2, 0.25) is 0 Å². The van der Waals surface area contributed by atoms with Crippen molar-refractivity contribution in [3.05, 3.63) is 0 Å². The van der Waals surface area contributed by atoms with Gasteiger partial charge in [-0.15, -0.1) is 0 Å². The fourth-order valence-electron chi connectivity index (χ4n) is 1.55. The van der Waals surface area contributed by atoms with Gasteiger partial charge in [-0.1, -0.05) is 0 Å². The number of nitrogens with one attached hydrogen (secondary N) is 1. The molecule has 1 unspecified atom stereocenters. The third-order valence-corrected chi connectivity index (χ3v) is 2.20. The van der Waals surface area contributed by atoms with Gasteiger partial charge in [0.25, 0.3) is 0 Å². The van der Waals surface area contributed by atoms with E-state index in [1.807, 2.05) is 34.6 Å². The molecule has 0 radical (unpaired) electrons. The van der Waals surface area contributed by atoms with Gasteiger partial charge in [0, 0.05) is 6.54 Å². The molecule has 1 amide bonds. The summed E-state index contributed by atoms with van der Waals surface area (Å²) in [5.74, 6) is -0.503. The SMILES string of the molecule is CC(C)(C)OC(=O)NCCC1COC(C)(C)O1. The fraction of sp³-hybridized carbons (Fsp3) is 0.917. The van der Waals surface area contributed by atoms with Crippen LogP contribution in [0.3, 0.4) is 0 Å². The quantitative estimate of drug-likeness (QED) is 0.826. The van der Waals surface area contributed by atoms with Crippen LogP contribution in [-0.2, 0) is 14.2 Å². The zero-order valence-corrected chi connectivity index (χ0v) is 11.3. The minimum atomic E-state index is -0.503. The molecule has 1 saturated heterocycles. The highest BCUT2D eigenvalue weighted by Crippen LogP contribution is 2.23. The Kier molecular flexibility index (Phi) is 4.38. The molecule has 1 N–H and O–H groups in total. The van der Waals surface area contributed by atoms with E-state index in [1.54, 1.807) is 0 Å². The molecule has 1 heterocycles. The Hall–Kier alpha value is -0.810. The molecular formula is C12H23NO4. The molecule has 1 atom stereocenters. The van der Waals surface area contributed by atoms with Crippen molar-refractivity contribution in [1.29, 1.82) is 0 Å². The molecule has 1 fully saturated rings. The van der Waals surface area contributed by atoms with E-state index >= 15 is 0 Å². The Morgan fingerprint density at radius 2 is 2.12 bits per heavy atom. The second kappa shape index (κ2) is 5.23. The number of alkyl carbamates (subject to hydrolysis) is 1. The van der Waals surface area contributed by atoms with Gasteiger partial charge in [0.15, 0.2) is 5.79 Å². The van der Waals surface area contributed by atoms with E-state index in [4.69, 9.17) is 14.2 Å². The number of ether oxygens (including phenoxy) is 3. The van der Waals surface area contributed by atoms with Crippen LogP contribution in [0.5, 0.6) is 0 Å². The monoisotopic (exact) mass is 245 g/mol. The fourth-order valence-corrected chi connectivity index (χ4v) is 1.55. The summed E-state index contributed by atoms with van der Waals surface area (Å²) < 4.78 is 16.2. The molecule has 0 bridgehead atoms. The van der Waals surface area contributed by atoms with Gasteiger partial charge < -0.3 is 19.5 Å². The van der Waals surface area contributed by atoms with Crippen molar-refractivity contribution in [3.8, 4) is 0 Å². The van der Waals surface area contributed by atoms with Gasteiger partial charge in [-0.2, -0.15) is 0 Å². The molecule has 17 heavy (non-hydrogen) atoms. The van der Waals surface area contributed by atoms with Crippen molar-refractivity contribution in [2.24, 2.45) is 0 Å². The van der Waals surface area contributed by atoms with Crippen LogP contribution in [0.4, 0.5) is 4.79 Å². The summed E-state index contributed by atoms with van der Waals surface area (Å²) in [5.41, 5.74) is -0.459. The maximum atomic E-state index is 11.4. The molecule has 0 saturated carbocycles. The lowest BCUT2D eigenvalue weighted by Gasteiger charge is -2.20. The molecule has 0 aromatic heterocycles. The van der Waals surface area contributed by atoms with Crippen molar-refractivity contribution >= 4 is 6.09 Å². The number of rotatable bonds is 3. The number of hydrogen-bond donors (Lipinski definition) is 1. The van der Waals surface area contributed by atoms with Crippen LogP contribution in [0.1, 0.15) is 41.0 Å². The predicted octanol–water partition coefficient (Wildman–Crippen LogP) is 2.05. The van der Waals surface area contributed by atoms with E-state index in [0.29, 0.717) is 13.2 Å². The van der Waals surface area contributed by atoms with Crippen molar-refractivity contribution in [1.82, 2.24) is 5.32 Å². The van der Waals surface area contributed by atoms with Gasteiger partial charge in [-0.25, -0.2) is 4.79 Å². The first kappa shape index (κ1) is 14.3. The van der Waals surface area contributed by atoms with E-state index < -0.39 is 17.5 Å². The highest BCUT2D eigenvalue weighted by Gasteiger charge is 2.32. The molecule has 5 heteroatoms. The number of hydrogen-bond acceptors (Lipinski definition) is 4. The normalized spacial score (nSPS) is 23.5. The Labute approximate surface area is 103 Å². The summed E-state index contributed by atoms with van der Waals surface area (Å²) in [4.78, 5) is 11.4. The standard InChI is InChI=1S/C12H23NO4/c1-11(2,3)17-10(14)13-7-6-9-8-15-12(4,5)16-9/h9H,6-8H2,1-5H3,(H,13,14). The van der Waals surface area contributed by atoms with Gasteiger partial charge in [-0.3, -0.25) is 0 Å². The minimum absolute atomic E-state index is 0.0416. The third-order valence-electron chi connectivity index (χ3n) is 2.20. The lowest BCUT2D eigenvalue weighted by atomic mass is 10.2. The molecule has 1 rings (SSSR count). The molecule has 1 aliphatic rings. The maximum absolute atomic E-state index is 11.4. The Morgan fingerprint density at radius 1 is 1.47 bits per heavy atom. The third kappa shape index (κ3) is 5.89. The van der Waals surface area contributed by atoms with Crippen LogP contribution < -0.4 is 5.32 Å². The number of amides is 1. The number of carbonyl (C=O) groups is 1. The average molecular weight is 245 g/mol. The van der Waals surface area contributed by atoms with E-state index in [-0.39, 0.29) is 6.10 Å². The summed E-state index contributed by atoms with van der Waals surface area (Å²) in [6.07, 6.45) is 0.374. The van der Waals surface area contributed by atoms with Crippen LogP contribution in [0.2, 0.25) is 0 Å². The molecule has 1 aliphatic heterocycles. The van der Waals surface area contributed by atoms with E-state index in [0.717, 1.165) is 6.42 Å². The predicted molar refractivity (Wildman–Crippen MR) is 63.8 cm³/mol. The first-order valence-electron chi connectivity index (χ1n) is 5.97. The highest BCUT2D eigenvalue weighted by molar-refractivity contribution is 5.67. The molecule has 100 valence electrons. The second-order valence-electron chi connectivity index (χ2n) is 5.67. The van der Waals surface area contributed by atoms with Gasteiger partial charge in [0.05, 0.1) is 12.7 Å². The molecule has 5 nitrogen and oxygen atoms in total. The second-order valence-corrected chi connectivity index (χ2v) is 5.67. The smallest absolute Gasteiger partial charge is 0.407 e. The molecule has 0 aromatic carbocycles. The molecule has 0 spiro atoms. The summed E-state index contributed by atoms with van der Waals surface area (Å²) in [5, 5.41) is 2.70. The van der Waals surface area contributed by atoms with Gasteiger partial charge in [0.1, 0.15) is 5.60 Å². The Bertz CT molecular complexity index is 270. The van der Waals surface area contributed by atoms with E-state index in [1.165, 1.54) is 0 Å². The summed E-state index contributed by atoms with van der Waals surface area (Å²) >= 11 is 0. The van der Waals surface area contributed by atoms with Crippen LogP contribution in [-0.4, -0.2) is 36.7 Å². The average Bonchev–Trinajstić information content (AvgIpc) is 2.42. The largest absolute Gasteiger partial charge is 0.444 e. The highest BCUT2D eigenvalue weighted by atomic mass is 16.7. The summed E-state index contributed by atoms with van der Waals surface area (Å²) in [7, 11) is 0. The van der Waals surface area contributed by atoms with Crippen molar-refractivity contribution in [2.75, 3.05) is 13.2 Å². The first-order chi connectivity index (χ1) is 7.68. The van der Waals surface area contributed by atoms with Crippen LogP contribution in [0.15, 0.2) is 0 Å². The zero-order chi connectivity index (χ0) is 13.1. The van der Waals surface area contributed by atoms with E-state index in [2.05, 4.69) is 5.32 Å². The van der Waals surface area contributed by atoms with E-state index in [9.17, 15) is 4.79 Å². The Balaban J connectivity index is 2.15. The van der Waals surface area contributed by atoms with Crippen molar-refractivity contribution < 1.29 is 19.0 Å². The summed E-state index contributed by atoms with van der Waals surface area (Å²) in [6, 6.07) is 0. The lowest BCUT2D eigenvalue weighted by molar-refractivity contribution is -0.138. The zero-order valence-electron chi connectivity index (χ0n) is 11.3. The molecular weight excluding hydrogens is 222 g/mol. The first-order valence-corrected chi connectivity index (χ1v) is 5.97. The lowest BCUT2D eigenvalue weighted by Crippen LogP contribution is -2.34. The number of carbonyl (C=O) groups excluding carboxylic acids is 1. The topological polar surface area (TPSA) is 56.8 Å². The van der Waals surface area contributed by atoms with Gasteiger partial charge in [-0.05, 0) is 41.0 Å². The van der Waals surface area contributed by atoms with Crippen molar-refractivity contribution in [2.45, 2.75) is 58.5 Å². The van der Waals surface area contributed by atoms with Crippen LogP contribution >= 0.6 is 0 Å². The summed E-state index contributed by atoms with van der Waals surface area (Å²) in [6.45, 7) is 10.4. The van der Waals surface area contributed by atoms with Crippen molar-refractivity contribution in [3.63, 3.8) is 0 Å². The minimum Gasteiger partial charge on any atom is -0.444 e. The Morgan fingerprint density at radius 3 is 2.59 bits per heavy atom. The molecule has 0 aromatic rings. The maximum Gasteiger partial charge on any atom is 0.407 e. The molecule has 0 aliphatic carbocycles. The van der Waals surface area contributed by atoms with Crippen LogP contribution in [0, 0.1) is 0 Å². The van der Waals surface area contributed by atoms with Gasteiger partial charge >= 0.3 is 6.09 Å².